The second kappa shape index (κ2) is 10.2. The number of carbonyl (C=O) groups excluding carboxylic acids is 2. The molecule has 0 aliphatic rings. The number of nitrogens with one attached hydrogen (secondary N) is 2. The summed E-state index contributed by atoms with van der Waals surface area (Å²) in [6, 6.07) is 21.9. The number of ether oxygens (including phenoxy) is 2. The lowest BCUT2D eigenvalue weighted by atomic mass is 10.1. The zero-order valence-corrected chi connectivity index (χ0v) is 20.3. The van der Waals surface area contributed by atoms with E-state index in [4.69, 9.17) is 13.9 Å². The maximum atomic E-state index is 13.3. The molecule has 0 radical (unpaired) electrons. The van der Waals surface area contributed by atoms with Crippen LogP contribution in [0, 0.1) is 0 Å². The molecule has 0 unspecified atom stereocenters. The summed E-state index contributed by atoms with van der Waals surface area (Å²) < 4.78 is 17.2. The Balaban J connectivity index is 1.52. The van der Waals surface area contributed by atoms with Crippen LogP contribution < -0.4 is 10.6 Å². The van der Waals surface area contributed by atoms with E-state index < -0.39 is 29.7 Å². The standard InChI is InChI=1S/C28H30N2O5/c1-18(33-17-19-10-6-5-7-11-19)25(30-27(32)35-28(2,3)4)26(31)29-20-14-15-22-21-12-8-9-13-23(21)34-24(22)16-20/h5-16,18,25H,17H2,1-4H3,(H,29,31)(H,30,32)/t18-,25+/m1/s1. The predicted molar refractivity (Wildman–Crippen MR) is 136 cm³/mol. The van der Waals surface area contributed by atoms with E-state index in [0.717, 1.165) is 21.9 Å². The van der Waals surface area contributed by atoms with Crippen molar-refractivity contribution in [3.63, 3.8) is 0 Å². The average molecular weight is 475 g/mol. The molecule has 1 heterocycles. The van der Waals surface area contributed by atoms with Gasteiger partial charge >= 0.3 is 6.09 Å². The van der Waals surface area contributed by atoms with Crippen molar-refractivity contribution < 1.29 is 23.5 Å². The number of furan rings is 1. The number of hydrogen-bond donors (Lipinski definition) is 2. The average Bonchev–Trinajstić information content (AvgIpc) is 3.18. The fraction of sp³-hybridized carbons (Fsp3) is 0.286. The molecule has 1 aromatic heterocycles. The molecular weight excluding hydrogens is 444 g/mol. The van der Waals surface area contributed by atoms with Gasteiger partial charge in [0.1, 0.15) is 22.8 Å². The Bertz CT molecular complexity index is 1320. The van der Waals surface area contributed by atoms with Crippen LogP contribution in [-0.4, -0.2) is 29.7 Å². The summed E-state index contributed by atoms with van der Waals surface area (Å²) in [5.74, 6) is -0.424. The van der Waals surface area contributed by atoms with E-state index in [-0.39, 0.29) is 0 Å². The number of anilines is 1. The molecule has 0 saturated heterocycles. The first kappa shape index (κ1) is 24.3. The third-order valence-corrected chi connectivity index (χ3v) is 5.43. The van der Waals surface area contributed by atoms with Crippen molar-refractivity contribution in [1.29, 1.82) is 0 Å². The van der Waals surface area contributed by atoms with Crippen LogP contribution in [0.2, 0.25) is 0 Å². The molecule has 0 spiro atoms. The van der Waals surface area contributed by atoms with Gasteiger partial charge in [0.15, 0.2) is 0 Å². The minimum Gasteiger partial charge on any atom is -0.456 e. The number of rotatable bonds is 7. The van der Waals surface area contributed by atoms with E-state index in [1.54, 1.807) is 33.8 Å². The molecule has 2 amide bonds. The van der Waals surface area contributed by atoms with E-state index in [2.05, 4.69) is 10.6 Å². The van der Waals surface area contributed by atoms with Gasteiger partial charge in [-0.2, -0.15) is 0 Å². The molecule has 35 heavy (non-hydrogen) atoms. The monoisotopic (exact) mass is 474 g/mol. The molecule has 7 nitrogen and oxygen atoms in total. The Morgan fingerprint density at radius 1 is 0.914 bits per heavy atom. The lowest BCUT2D eigenvalue weighted by Gasteiger charge is -2.27. The lowest BCUT2D eigenvalue weighted by Crippen LogP contribution is -2.52. The summed E-state index contributed by atoms with van der Waals surface area (Å²) in [5, 5.41) is 7.51. The summed E-state index contributed by atoms with van der Waals surface area (Å²) in [5.41, 5.74) is 2.25. The third-order valence-electron chi connectivity index (χ3n) is 5.43. The van der Waals surface area contributed by atoms with Crippen LogP contribution in [0.15, 0.2) is 77.2 Å². The van der Waals surface area contributed by atoms with Gasteiger partial charge in [0.2, 0.25) is 5.91 Å². The van der Waals surface area contributed by atoms with Gasteiger partial charge in [-0.25, -0.2) is 4.79 Å². The van der Waals surface area contributed by atoms with Crippen LogP contribution in [0.5, 0.6) is 0 Å². The topological polar surface area (TPSA) is 89.8 Å². The van der Waals surface area contributed by atoms with Crippen LogP contribution in [0.3, 0.4) is 0 Å². The van der Waals surface area contributed by atoms with Crippen molar-refractivity contribution in [3.05, 3.63) is 78.4 Å². The van der Waals surface area contributed by atoms with Crippen molar-refractivity contribution in [2.24, 2.45) is 0 Å². The fourth-order valence-electron chi connectivity index (χ4n) is 3.75. The van der Waals surface area contributed by atoms with Crippen LogP contribution in [0.1, 0.15) is 33.3 Å². The largest absolute Gasteiger partial charge is 0.456 e. The maximum Gasteiger partial charge on any atom is 0.408 e. The van der Waals surface area contributed by atoms with Crippen LogP contribution in [-0.2, 0) is 20.9 Å². The number of hydrogen-bond acceptors (Lipinski definition) is 5. The first-order chi connectivity index (χ1) is 16.7. The van der Waals surface area contributed by atoms with E-state index in [0.29, 0.717) is 17.9 Å². The highest BCUT2D eigenvalue weighted by Crippen LogP contribution is 2.30. The Hall–Kier alpha value is -3.84. The Labute approximate surface area is 204 Å². The molecule has 7 heteroatoms. The number of carbonyl (C=O) groups is 2. The molecule has 2 N–H and O–H groups in total. The van der Waals surface area contributed by atoms with Gasteiger partial charge in [0, 0.05) is 22.5 Å². The van der Waals surface area contributed by atoms with Gasteiger partial charge in [-0.05, 0) is 51.5 Å². The van der Waals surface area contributed by atoms with E-state index in [1.165, 1.54) is 0 Å². The van der Waals surface area contributed by atoms with E-state index in [9.17, 15) is 9.59 Å². The molecule has 182 valence electrons. The number of amides is 2. The highest BCUT2D eigenvalue weighted by molar-refractivity contribution is 6.06. The van der Waals surface area contributed by atoms with Gasteiger partial charge in [0.25, 0.3) is 0 Å². The van der Waals surface area contributed by atoms with Crippen molar-refractivity contribution in [3.8, 4) is 0 Å². The van der Waals surface area contributed by atoms with Gasteiger partial charge < -0.3 is 24.5 Å². The molecule has 3 aromatic carbocycles. The number of fused-ring (bicyclic) bond motifs is 3. The lowest BCUT2D eigenvalue weighted by molar-refractivity contribution is -0.122. The zero-order chi connectivity index (χ0) is 25.0. The quantitative estimate of drug-likeness (QED) is 0.342. The molecule has 2 atom stereocenters. The molecule has 0 saturated carbocycles. The maximum absolute atomic E-state index is 13.3. The second-order valence-electron chi connectivity index (χ2n) is 9.42. The fourth-order valence-corrected chi connectivity index (χ4v) is 3.75. The minimum atomic E-state index is -0.986. The third kappa shape index (κ3) is 6.19. The number of para-hydroxylation sites is 1. The Morgan fingerprint density at radius 2 is 1.60 bits per heavy atom. The second-order valence-corrected chi connectivity index (χ2v) is 9.42. The van der Waals surface area contributed by atoms with Gasteiger partial charge in [-0.1, -0.05) is 48.5 Å². The van der Waals surface area contributed by atoms with Crippen LogP contribution in [0.4, 0.5) is 10.5 Å². The minimum absolute atomic E-state index is 0.298. The summed E-state index contributed by atoms with van der Waals surface area (Å²) >= 11 is 0. The first-order valence-corrected chi connectivity index (χ1v) is 11.6. The zero-order valence-electron chi connectivity index (χ0n) is 20.3. The van der Waals surface area contributed by atoms with Gasteiger partial charge in [-0.3, -0.25) is 4.79 Å². The SMILES string of the molecule is C[C@@H](OCc1ccccc1)[C@H](NC(=O)OC(C)(C)C)C(=O)Nc1ccc2c(c1)oc1ccccc12. The number of alkyl carbamates (subject to hydrolysis) is 1. The highest BCUT2D eigenvalue weighted by atomic mass is 16.6. The van der Waals surface area contributed by atoms with Crippen LogP contribution in [0.25, 0.3) is 21.9 Å². The van der Waals surface area contributed by atoms with Crippen LogP contribution >= 0.6 is 0 Å². The molecule has 0 aliphatic carbocycles. The van der Waals surface area contributed by atoms with E-state index in [1.807, 2.05) is 66.7 Å². The van der Waals surface area contributed by atoms with Crippen molar-refractivity contribution in [2.45, 2.75) is 52.0 Å². The van der Waals surface area contributed by atoms with Crippen molar-refractivity contribution in [2.75, 3.05) is 5.32 Å². The molecule has 0 fully saturated rings. The molecular formula is C28H30N2O5. The van der Waals surface area contributed by atoms with Crippen molar-refractivity contribution >= 4 is 39.6 Å². The molecule has 0 aliphatic heterocycles. The molecule has 4 rings (SSSR count). The van der Waals surface area contributed by atoms with Crippen molar-refractivity contribution in [1.82, 2.24) is 5.32 Å². The summed E-state index contributed by atoms with van der Waals surface area (Å²) in [6.07, 6.45) is -1.32. The smallest absolute Gasteiger partial charge is 0.408 e. The molecule has 4 aromatic rings. The Kier molecular flexibility index (Phi) is 7.07. The predicted octanol–water partition coefficient (Wildman–Crippen LogP) is 6.02. The number of benzene rings is 3. The summed E-state index contributed by atoms with van der Waals surface area (Å²) in [6.45, 7) is 7.33. The first-order valence-electron chi connectivity index (χ1n) is 11.6. The van der Waals surface area contributed by atoms with Gasteiger partial charge in [-0.15, -0.1) is 0 Å². The van der Waals surface area contributed by atoms with Gasteiger partial charge in [0.05, 0.1) is 12.7 Å². The Morgan fingerprint density at radius 3 is 2.34 bits per heavy atom. The summed E-state index contributed by atoms with van der Waals surface area (Å²) in [7, 11) is 0. The highest BCUT2D eigenvalue weighted by Gasteiger charge is 2.30. The summed E-state index contributed by atoms with van der Waals surface area (Å²) in [4.78, 5) is 25.8. The molecule has 0 bridgehead atoms. The normalized spacial score (nSPS) is 13.4. The van der Waals surface area contributed by atoms with E-state index >= 15 is 0 Å².